The lowest BCUT2D eigenvalue weighted by Crippen LogP contribution is -2.55. The van der Waals surface area contributed by atoms with Crippen molar-refractivity contribution in [3.63, 3.8) is 0 Å². The maximum Gasteiger partial charge on any atom is 0.335 e. The molecule has 2 heterocycles. The van der Waals surface area contributed by atoms with Crippen LogP contribution >= 0.6 is 0 Å². The SMILES string of the molecule is COc1cc(C)c2[nH]ccc2c1CN1CC[C@]2(C[C@H]1c1ccc(C(=O)O)cc1)C[C@](C)(O)C2. The van der Waals surface area contributed by atoms with Crippen LogP contribution in [0.1, 0.15) is 65.7 Å². The van der Waals surface area contributed by atoms with Crippen LogP contribution in [0, 0.1) is 12.3 Å². The van der Waals surface area contributed by atoms with Crippen LogP contribution in [0.15, 0.2) is 42.6 Å². The number of likely N-dealkylation sites (tertiary alicyclic amines) is 1. The summed E-state index contributed by atoms with van der Waals surface area (Å²) in [6.45, 7) is 5.69. The van der Waals surface area contributed by atoms with Crippen LogP contribution in [-0.2, 0) is 6.54 Å². The Kier molecular flexibility index (Phi) is 5.26. The Bertz CT molecular complexity index is 1190. The van der Waals surface area contributed by atoms with Crippen molar-refractivity contribution in [2.24, 2.45) is 5.41 Å². The molecule has 1 spiro atoms. The van der Waals surface area contributed by atoms with E-state index in [1.165, 1.54) is 10.9 Å². The first-order chi connectivity index (χ1) is 15.7. The van der Waals surface area contributed by atoms with Gasteiger partial charge in [-0.05, 0) is 86.9 Å². The van der Waals surface area contributed by atoms with Crippen molar-refractivity contribution < 1.29 is 19.7 Å². The number of aliphatic hydroxyl groups is 1. The van der Waals surface area contributed by atoms with Gasteiger partial charge < -0.3 is 19.9 Å². The maximum atomic E-state index is 11.4. The quantitative estimate of drug-likeness (QED) is 0.508. The van der Waals surface area contributed by atoms with Crippen molar-refractivity contribution in [3.8, 4) is 5.75 Å². The van der Waals surface area contributed by atoms with Gasteiger partial charge in [-0.3, -0.25) is 4.90 Å². The molecule has 33 heavy (non-hydrogen) atoms. The largest absolute Gasteiger partial charge is 0.496 e. The average molecular weight is 449 g/mol. The summed E-state index contributed by atoms with van der Waals surface area (Å²) in [6.07, 6.45) is 5.64. The number of aromatic carboxylic acids is 1. The molecule has 6 heteroatoms. The predicted octanol–water partition coefficient (Wildman–Crippen LogP) is 5.05. The third-order valence-corrected chi connectivity index (χ3v) is 7.74. The molecule has 3 aromatic rings. The Balaban J connectivity index is 1.50. The van der Waals surface area contributed by atoms with E-state index in [-0.39, 0.29) is 11.5 Å². The van der Waals surface area contributed by atoms with E-state index in [1.807, 2.05) is 25.3 Å². The van der Waals surface area contributed by atoms with Crippen LogP contribution in [0.5, 0.6) is 5.75 Å². The number of aromatic amines is 1. The van der Waals surface area contributed by atoms with E-state index in [0.717, 1.165) is 61.2 Å². The van der Waals surface area contributed by atoms with Gasteiger partial charge in [0.2, 0.25) is 0 Å². The van der Waals surface area contributed by atoms with E-state index in [2.05, 4.69) is 28.9 Å². The normalized spacial score (nSPS) is 27.6. The summed E-state index contributed by atoms with van der Waals surface area (Å²) in [4.78, 5) is 17.2. The van der Waals surface area contributed by atoms with Gasteiger partial charge in [-0.15, -0.1) is 0 Å². The molecule has 5 rings (SSSR count). The molecule has 0 unspecified atom stereocenters. The summed E-state index contributed by atoms with van der Waals surface area (Å²) in [7, 11) is 1.72. The van der Waals surface area contributed by atoms with Crippen molar-refractivity contribution in [2.75, 3.05) is 13.7 Å². The predicted molar refractivity (Wildman–Crippen MR) is 128 cm³/mol. The van der Waals surface area contributed by atoms with E-state index in [1.54, 1.807) is 19.2 Å². The smallest absolute Gasteiger partial charge is 0.335 e. The van der Waals surface area contributed by atoms with E-state index in [0.29, 0.717) is 5.56 Å². The number of hydrogen-bond donors (Lipinski definition) is 3. The Labute approximate surface area is 194 Å². The topological polar surface area (TPSA) is 85.8 Å². The Morgan fingerprint density at radius 1 is 1.24 bits per heavy atom. The minimum Gasteiger partial charge on any atom is -0.496 e. The molecule has 1 aromatic heterocycles. The second-order valence-electron chi connectivity index (χ2n) is 10.4. The van der Waals surface area contributed by atoms with E-state index in [4.69, 9.17) is 4.74 Å². The number of fused-ring (bicyclic) bond motifs is 1. The zero-order valence-electron chi connectivity index (χ0n) is 19.5. The lowest BCUT2D eigenvalue weighted by Gasteiger charge is -2.58. The summed E-state index contributed by atoms with van der Waals surface area (Å²) < 4.78 is 5.79. The van der Waals surface area contributed by atoms with Gasteiger partial charge in [-0.2, -0.15) is 0 Å². The lowest BCUT2D eigenvalue weighted by molar-refractivity contribution is -0.148. The Morgan fingerprint density at radius 2 is 1.97 bits per heavy atom. The van der Waals surface area contributed by atoms with Gasteiger partial charge in [0, 0.05) is 35.2 Å². The molecule has 2 aromatic carbocycles. The van der Waals surface area contributed by atoms with E-state index in [9.17, 15) is 15.0 Å². The molecule has 174 valence electrons. The highest BCUT2D eigenvalue weighted by atomic mass is 16.5. The Morgan fingerprint density at radius 3 is 2.61 bits per heavy atom. The summed E-state index contributed by atoms with van der Waals surface area (Å²) in [5, 5.41) is 21.0. The number of hydrogen-bond acceptors (Lipinski definition) is 4. The molecule has 1 aliphatic carbocycles. The molecule has 1 saturated carbocycles. The number of methoxy groups -OCH3 is 1. The third-order valence-electron chi connectivity index (χ3n) is 7.74. The zero-order chi connectivity index (χ0) is 23.4. The number of rotatable bonds is 5. The molecule has 0 radical (unpaired) electrons. The van der Waals surface area contributed by atoms with Gasteiger partial charge in [-0.25, -0.2) is 4.79 Å². The number of nitrogens with zero attached hydrogens (tertiary/aromatic N) is 1. The maximum absolute atomic E-state index is 11.4. The van der Waals surface area contributed by atoms with Gasteiger partial charge in [0.25, 0.3) is 0 Å². The number of benzene rings is 2. The minimum atomic E-state index is -0.909. The molecular weight excluding hydrogens is 416 g/mol. The van der Waals surface area contributed by atoms with Gasteiger partial charge >= 0.3 is 5.97 Å². The number of H-pyrrole nitrogens is 1. The second kappa shape index (κ2) is 7.89. The van der Waals surface area contributed by atoms with E-state index < -0.39 is 11.6 Å². The van der Waals surface area contributed by atoms with Gasteiger partial charge in [0.05, 0.1) is 18.3 Å². The molecule has 2 aliphatic rings. The number of aryl methyl sites for hydroxylation is 1. The summed E-state index contributed by atoms with van der Waals surface area (Å²) in [6, 6.07) is 11.7. The van der Waals surface area contributed by atoms with Crippen LogP contribution in [0.25, 0.3) is 10.9 Å². The van der Waals surface area contributed by atoms with Crippen LogP contribution in [0.2, 0.25) is 0 Å². The number of carbonyl (C=O) groups is 1. The summed E-state index contributed by atoms with van der Waals surface area (Å²) in [5.41, 5.74) is 4.47. The fourth-order valence-electron chi connectivity index (χ4n) is 6.41. The fourth-order valence-corrected chi connectivity index (χ4v) is 6.41. The standard InChI is InChI=1S/C27H32N2O4/c1-17-12-23(33-3)21(20-8-10-28-24(17)20)14-29-11-9-27(15-26(2,32)16-27)13-22(29)18-4-6-19(7-5-18)25(30)31/h4-8,10,12,22,28,32H,9,11,13-16H2,1-3H3,(H,30,31)/t22-,26-,27-/m0/s1. The van der Waals surface area contributed by atoms with Crippen LogP contribution in [0.4, 0.5) is 0 Å². The highest BCUT2D eigenvalue weighted by Crippen LogP contribution is 2.58. The first-order valence-electron chi connectivity index (χ1n) is 11.6. The second-order valence-corrected chi connectivity index (χ2v) is 10.4. The number of piperidine rings is 1. The molecule has 1 saturated heterocycles. The fraction of sp³-hybridized carbons (Fsp3) is 0.444. The van der Waals surface area contributed by atoms with Crippen molar-refractivity contribution in [3.05, 3.63) is 64.8 Å². The summed E-state index contributed by atoms with van der Waals surface area (Å²) in [5.74, 6) is -0.0146. The van der Waals surface area contributed by atoms with Crippen LogP contribution in [-0.4, -0.2) is 45.3 Å². The number of carboxylic acids is 1. The zero-order valence-corrected chi connectivity index (χ0v) is 19.5. The lowest BCUT2D eigenvalue weighted by atomic mass is 9.54. The average Bonchev–Trinajstić information content (AvgIpc) is 3.26. The molecule has 1 atom stereocenters. The van der Waals surface area contributed by atoms with Crippen molar-refractivity contribution in [1.29, 1.82) is 0 Å². The molecule has 6 nitrogen and oxygen atoms in total. The van der Waals surface area contributed by atoms with Crippen molar-refractivity contribution in [1.82, 2.24) is 9.88 Å². The van der Waals surface area contributed by atoms with Crippen LogP contribution in [0.3, 0.4) is 0 Å². The van der Waals surface area contributed by atoms with E-state index >= 15 is 0 Å². The number of aromatic nitrogens is 1. The molecular formula is C27H32N2O4. The monoisotopic (exact) mass is 448 g/mol. The number of nitrogens with one attached hydrogen (secondary N) is 1. The highest BCUT2D eigenvalue weighted by molar-refractivity contribution is 5.88. The molecule has 0 bridgehead atoms. The molecule has 2 fully saturated rings. The highest BCUT2D eigenvalue weighted by Gasteiger charge is 2.54. The van der Waals surface area contributed by atoms with Crippen LogP contribution < -0.4 is 4.74 Å². The van der Waals surface area contributed by atoms with Gasteiger partial charge in [0.15, 0.2) is 0 Å². The van der Waals surface area contributed by atoms with Crippen molar-refractivity contribution >= 4 is 16.9 Å². The molecule has 3 N–H and O–H groups in total. The molecule has 1 aliphatic heterocycles. The third kappa shape index (κ3) is 3.91. The number of ether oxygens (including phenoxy) is 1. The first kappa shape index (κ1) is 22.0. The summed E-state index contributed by atoms with van der Waals surface area (Å²) >= 11 is 0. The Hall–Kier alpha value is -2.83. The van der Waals surface area contributed by atoms with Gasteiger partial charge in [0.1, 0.15) is 5.75 Å². The molecule has 0 amide bonds. The number of carboxylic acid groups (broad SMARTS) is 1. The van der Waals surface area contributed by atoms with Crippen molar-refractivity contribution in [2.45, 2.75) is 57.7 Å². The minimum absolute atomic E-state index is 0.150. The first-order valence-corrected chi connectivity index (χ1v) is 11.6. The van der Waals surface area contributed by atoms with Gasteiger partial charge in [-0.1, -0.05) is 12.1 Å².